The molecule has 8 heteroatoms. The number of anilines is 1. The molecule has 0 saturated carbocycles. The second-order valence-corrected chi connectivity index (χ2v) is 7.76. The molecule has 1 aliphatic rings. The van der Waals surface area contributed by atoms with Gasteiger partial charge in [-0.1, -0.05) is 30.3 Å². The van der Waals surface area contributed by atoms with E-state index in [1.807, 2.05) is 53.9 Å². The Hall–Kier alpha value is -3.91. The van der Waals surface area contributed by atoms with Gasteiger partial charge in [-0.15, -0.1) is 11.3 Å². The minimum atomic E-state index is -0.347. The lowest BCUT2D eigenvalue weighted by Gasteiger charge is -2.06. The minimum Gasteiger partial charge on any atom is -0.454 e. The highest BCUT2D eigenvalue weighted by Gasteiger charge is 2.16. The third kappa shape index (κ3) is 4.06. The third-order valence-electron chi connectivity index (χ3n) is 4.84. The van der Waals surface area contributed by atoms with Crippen LogP contribution in [0.3, 0.4) is 0 Å². The number of nitrogens with one attached hydrogen (secondary N) is 2. The van der Waals surface area contributed by atoms with Crippen LogP contribution in [0.1, 0.15) is 10.4 Å². The van der Waals surface area contributed by atoms with Crippen LogP contribution in [0.4, 0.5) is 5.13 Å². The summed E-state index contributed by atoms with van der Waals surface area (Å²) in [5.74, 6) is 0.726. The highest BCUT2D eigenvalue weighted by Crippen LogP contribution is 2.36. The van der Waals surface area contributed by atoms with Gasteiger partial charge in [-0.05, 0) is 41.1 Å². The largest absolute Gasteiger partial charge is 0.454 e. The molecule has 7 nitrogen and oxygen atoms in total. The maximum atomic E-state index is 12.4. The van der Waals surface area contributed by atoms with Gasteiger partial charge in [-0.25, -0.2) is 4.98 Å². The number of carbonyl (C=O) groups is 2. The topological polar surface area (TPSA) is 89.6 Å². The second kappa shape index (κ2) is 8.08. The molecule has 0 unspecified atom stereocenters. The zero-order valence-corrected chi connectivity index (χ0v) is 17.1. The molecule has 2 amide bonds. The molecule has 1 aliphatic heterocycles. The Labute approximate surface area is 181 Å². The van der Waals surface area contributed by atoms with Crippen LogP contribution in [0.25, 0.3) is 22.0 Å². The molecule has 0 atom stereocenters. The number of rotatable bonds is 5. The van der Waals surface area contributed by atoms with E-state index in [1.165, 1.54) is 11.3 Å². The molecule has 1 aromatic heterocycles. The minimum absolute atomic E-state index is 0.148. The van der Waals surface area contributed by atoms with Gasteiger partial charge < -0.3 is 20.1 Å². The summed E-state index contributed by atoms with van der Waals surface area (Å²) >= 11 is 1.31. The van der Waals surface area contributed by atoms with Gasteiger partial charge in [0.2, 0.25) is 12.7 Å². The number of carbonyl (C=O) groups excluding carboxylic acids is 2. The van der Waals surface area contributed by atoms with Crippen LogP contribution in [0.2, 0.25) is 0 Å². The molecule has 2 heterocycles. The zero-order chi connectivity index (χ0) is 21.2. The van der Waals surface area contributed by atoms with Crippen LogP contribution in [0.5, 0.6) is 11.5 Å². The standard InChI is InChI=1S/C23H17N3O4S/c27-21(11-24-22(28)17-6-5-14-3-1-2-4-15(14)9-17)26-23-25-18(12-31-23)16-7-8-19-20(10-16)30-13-29-19/h1-10,12H,11,13H2,(H,24,28)(H,25,26,27). The summed E-state index contributed by atoms with van der Waals surface area (Å²) in [6.07, 6.45) is 0. The maximum Gasteiger partial charge on any atom is 0.251 e. The summed E-state index contributed by atoms with van der Waals surface area (Å²) in [4.78, 5) is 29.1. The number of aromatic nitrogens is 1. The molecule has 2 N–H and O–H groups in total. The van der Waals surface area contributed by atoms with Crippen molar-refractivity contribution in [3.63, 3.8) is 0 Å². The van der Waals surface area contributed by atoms with Crippen molar-refractivity contribution in [1.82, 2.24) is 10.3 Å². The summed E-state index contributed by atoms with van der Waals surface area (Å²) in [5, 5.41) is 9.69. The highest BCUT2D eigenvalue weighted by molar-refractivity contribution is 7.14. The monoisotopic (exact) mass is 431 g/mol. The van der Waals surface area contributed by atoms with Crippen molar-refractivity contribution in [2.75, 3.05) is 18.7 Å². The van der Waals surface area contributed by atoms with E-state index in [0.29, 0.717) is 22.2 Å². The number of hydrogen-bond donors (Lipinski definition) is 2. The average Bonchev–Trinajstić information content (AvgIpc) is 3.46. The van der Waals surface area contributed by atoms with E-state index in [0.717, 1.165) is 22.0 Å². The summed E-state index contributed by atoms with van der Waals surface area (Å²) < 4.78 is 10.7. The van der Waals surface area contributed by atoms with E-state index in [-0.39, 0.29) is 25.2 Å². The van der Waals surface area contributed by atoms with E-state index in [4.69, 9.17) is 9.47 Å². The summed E-state index contributed by atoms with van der Waals surface area (Å²) in [5.41, 5.74) is 2.09. The Kier molecular flexibility index (Phi) is 4.97. The van der Waals surface area contributed by atoms with Crippen molar-refractivity contribution in [1.29, 1.82) is 0 Å². The van der Waals surface area contributed by atoms with E-state index in [2.05, 4.69) is 15.6 Å². The molecule has 0 bridgehead atoms. The van der Waals surface area contributed by atoms with Crippen LogP contribution in [-0.2, 0) is 4.79 Å². The van der Waals surface area contributed by atoms with Gasteiger partial charge in [0.1, 0.15) is 0 Å². The first kappa shape index (κ1) is 19.1. The van der Waals surface area contributed by atoms with Crippen molar-refractivity contribution >= 4 is 39.1 Å². The number of amides is 2. The van der Waals surface area contributed by atoms with E-state index in [9.17, 15) is 9.59 Å². The molecule has 0 radical (unpaired) electrons. The molecular formula is C23H17N3O4S. The number of ether oxygens (including phenoxy) is 2. The second-order valence-electron chi connectivity index (χ2n) is 6.90. The van der Waals surface area contributed by atoms with Crippen LogP contribution in [0.15, 0.2) is 66.0 Å². The van der Waals surface area contributed by atoms with Crippen molar-refractivity contribution in [3.05, 3.63) is 71.6 Å². The third-order valence-corrected chi connectivity index (χ3v) is 5.60. The molecule has 0 spiro atoms. The fourth-order valence-electron chi connectivity index (χ4n) is 3.28. The summed E-state index contributed by atoms with van der Waals surface area (Å²) in [7, 11) is 0. The van der Waals surface area contributed by atoms with Gasteiger partial charge in [-0.3, -0.25) is 9.59 Å². The van der Waals surface area contributed by atoms with Gasteiger partial charge in [0.05, 0.1) is 12.2 Å². The molecular weight excluding hydrogens is 414 g/mol. The van der Waals surface area contributed by atoms with Gasteiger partial charge >= 0.3 is 0 Å². The van der Waals surface area contributed by atoms with Crippen molar-refractivity contribution < 1.29 is 19.1 Å². The number of nitrogens with zero attached hydrogens (tertiary/aromatic N) is 1. The lowest BCUT2D eigenvalue weighted by atomic mass is 10.1. The highest BCUT2D eigenvalue weighted by atomic mass is 32.1. The predicted octanol–water partition coefficient (Wildman–Crippen LogP) is 4.06. The Bertz CT molecular complexity index is 1300. The fourth-order valence-corrected chi connectivity index (χ4v) is 4.01. The molecule has 0 saturated heterocycles. The Morgan fingerprint density at radius 1 is 0.968 bits per heavy atom. The molecule has 154 valence electrons. The number of thiazole rings is 1. The van der Waals surface area contributed by atoms with Gasteiger partial charge in [-0.2, -0.15) is 0 Å². The normalized spacial score (nSPS) is 12.0. The van der Waals surface area contributed by atoms with Gasteiger partial charge in [0.25, 0.3) is 5.91 Å². The van der Waals surface area contributed by atoms with Crippen LogP contribution in [0, 0.1) is 0 Å². The Morgan fingerprint density at radius 2 is 1.81 bits per heavy atom. The van der Waals surface area contributed by atoms with Crippen LogP contribution < -0.4 is 20.1 Å². The molecule has 0 fully saturated rings. The summed E-state index contributed by atoms with van der Waals surface area (Å²) in [6, 6.07) is 18.8. The first-order chi connectivity index (χ1) is 15.2. The van der Waals surface area contributed by atoms with E-state index < -0.39 is 0 Å². The fraction of sp³-hybridized carbons (Fsp3) is 0.0870. The zero-order valence-electron chi connectivity index (χ0n) is 16.3. The van der Waals surface area contributed by atoms with Crippen LogP contribution >= 0.6 is 11.3 Å². The number of fused-ring (bicyclic) bond motifs is 2. The molecule has 5 rings (SSSR count). The predicted molar refractivity (Wildman–Crippen MR) is 119 cm³/mol. The quantitative estimate of drug-likeness (QED) is 0.497. The number of benzene rings is 3. The Balaban J connectivity index is 1.19. The molecule has 3 aromatic carbocycles. The molecule has 4 aromatic rings. The van der Waals surface area contributed by atoms with Crippen molar-refractivity contribution in [2.45, 2.75) is 0 Å². The van der Waals surface area contributed by atoms with Crippen LogP contribution in [-0.4, -0.2) is 30.1 Å². The first-order valence-corrected chi connectivity index (χ1v) is 10.5. The number of hydrogen-bond acceptors (Lipinski definition) is 6. The van der Waals surface area contributed by atoms with Crippen molar-refractivity contribution in [2.24, 2.45) is 0 Å². The van der Waals surface area contributed by atoms with E-state index >= 15 is 0 Å². The van der Waals surface area contributed by atoms with Gasteiger partial charge in [0.15, 0.2) is 16.6 Å². The van der Waals surface area contributed by atoms with E-state index in [1.54, 1.807) is 12.1 Å². The molecule has 31 heavy (non-hydrogen) atoms. The lowest BCUT2D eigenvalue weighted by Crippen LogP contribution is -2.32. The maximum absolute atomic E-state index is 12.4. The Morgan fingerprint density at radius 3 is 2.71 bits per heavy atom. The molecule has 0 aliphatic carbocycles. The van der Waals surface area contributed by atoms with Crippen molar-refractivity contribution in [3.8, 4) is 22.8 Å². The summed E-state index contributed by atoms with van der Waals surface area (Å²) in [6.45, 7) is 0.0622. The SMILES string of the molecule is O=C(CNC(=O)c1ccc2ccccc2c1)Nc1nc(-c2ccc3c(c2)OCO3)cs1. The van der Waals surface area contributed by atoms with Gasteiger partial charge in [0, 0.05) is 16.5 Å². The first-order valence-electron chi connectivity index (χ1n) is 9.58. The smallest absolute Gasteiger partial charge is 0.251 e. The lowest BCUT2D eigenvalue weighted by molar-refractivity contribution is -0.115. The average molecular weight is 431 g/mol.